The molecule has 2 heterocycles. The number of thiophene rings is 1. The third kappa shape index (κ3) is 4.02. The van der Waals surface area contributed by atoms with Crippen LogP contribution in [0.5, 0.6) is 0 Å². The second-order valence-electron chi connectivity index (χ2n) is 6.20. The van der Waals surface area contributed by atoms with Crippen LogP contribution in [0.4, 0.5) is 15.1 Å². The Morgan fingerprint density at radius 3 is 2.86 bits per heavy atom. The second kappa shape index (κ2) is 8.19. The molecule has 144 valence electrons. The fourth-order valence-electron chi connectivity index (χ4n) is 2.80. The van der Waals surface area contributed by atoms with Gasteiger partial charge >= 0.3 is 5.97 Å². The maximum absolute atomic E-state index is 13.9. The van der Waals surface area contributed by atoms with Crippen LogP contribution in [0.3, 0.4) is 0 Å². The van der Waals surface area contributed by atoms with Crippen LogP contribution in [0.25, 0.3) is 0 Å². The topological polar surface area (TPSA) is 99.5 Å². The van der Waals surface area contributed by atoms with E-state index in [0.29, 0.717) is 10.6 Å². The first-order valence-corrected chi connectivity index (χ1v) is 9.32. The number of nitriles is 1. The number of hydrogen-bond donors (Lipinski definition) is 1. The molecule has 0 radical (unpaired) electrons. The molecule has 1 aromatic heterocycles. The molecule has 1 fully saturated rings. The number of rotatable bonds is 5. The van der Waals surface area contributed by atoms with Gasteiger partial charge in [-0.05, 0) is 30.5 Å². The Kier molecular flexibility index (Phi) is 5.70. The normalized spacial score (nSPS) is 17.1. The molecule has 1 saturated heterocycles. The van der Waals surface area contributed by atoms with Gasteiger partial charge in [-0.15, -0.1) is 11.3 Å². The number of amides is 2. The summed E-state index contributed by atoms with van der Waals surface area (Å²) in [6.45, 7) is 1.38. The molecule has 2 atom stereocenters. The first-order valence-electron chi connectivity index (χ1n) is 8.44. The van der Waals surface area contributed by atoms with E-state index in [0.717, 1.165) is 0 Å². The lowest BCUT2D eigenvalue weighted by Crippen LogP contribution is -2.33. The molecule has 0 saturated carbocycles. The number of halogens is 1. The third-order valence-electron chi connectivity index (χ3n) is 4.29. The Labute approximate surface area is 164 Å². The van der Waals surface area contributed by atoms with E-state index in [4.69, 9.17) is 10.00 Å². The Hall–Kier alpha value is -3.25. The van der Waals surface area contributed by atoms with Gasteiger partial charge in [-0.2, -0.15) is 5.26 Å². The molecule has 0 bridgehead atoms. The molecule has 0 unspecified atom stereocenters. The van der Waals surface area contributed by atoms with E-state index < -0.39 is 29.7 Å². The maximum Gasteiger partial charge on any atom is 0.312 e. The van der Waals surface area contributed by atoms with Crippen molar-refractivity contribution in [3.05, 3.63) is 47.1 Å². The number of hydrogen-bond acceptors (Lipinski definition) is 6. The second-order valence-corrected chi connectivity index (χ2v) is 7.12. The highest BCUT2D eigenvalue weighted by Crippen LogP contribution is 2.28. The standard InChI is InChI=1S/C19H16FN3O4S/c1-11(17(25)22-18-12(9-21)6-7-28-18)27-19(26)13-8-16(24)23(10-13)15-5-3-2-4-14(15)20/h2-7,11,13H,8,10H2,1H3,(H,22,25)/t11-,13-/m1/s1. The van der Waals surface area contributed by atoms with Gasteiger partial charge in [-0.1, -0.05) is 12.1 Å². The van der Waals surface area contributed by atoms with Gasteiger partial charge in [0.2, 0.25) is 5.91 Å². The number of nitrogens with one attached hydrogen (secondary N) is 1. The summed E-state index contributed by atoms with van der Waals surface area (Å²) >= 11 is 1.18. The number of nitrogens with zero attached hydrogens (tertiary/aromatic N) is 2. The van der Waals surface area contributed by atoms with Crippen LogP contribution in [-0.4, -0.2) is 30.4 Å². The number of ether oxygens (including phenoxy) is 1. The highest BCUT2D eigenvalue weighted by molar-refractivity contribution is 7.14. The summed E-state index contributed by atoms with van der Waals surface area (Å²) in [7, 11) is 0. The van der Waals surface area contributed by atoms with Gasteiger partial charge < -0.3 is 15.0 Å². The first kappa shape index (κ1) is 19.5. The fourth-order valence-corrected chi connectivity index (χ4v) is 3.54. The largest absolute Gasteiger partial charge is 0.452 e. The lowest BCUT2D eigenvalue weighted by atomic mass is 10.1. The van der Waals surface area contributed by atoms with Crippen LogP contribution in [0.2, 0.25) is 0 Å². The van der Waals surface area contributed by atoms with Crippen LogP contribution in [-0.2, 0) is 19.1 Å². The number of para-hydroxylation sites is 1. The van der Waals surface area contributed by atoms with Gasteiger partial charge in [0.05, 0.1) is 17.2 Å². The Balaban J connectivity index is 1.60. The minimum atomic E-state index is -1.11. The van der Waals surface area contributed by atoms with Crippen LogP contribution in [0.1, 0.15) is 18.9 Å². The van der Waals surface area contributed by atoms with E-state index in [1.54, 1.807) is 17.5 Å². The Morgan fingerprint density at radius 2 is 2.14 bits per heavy atom. The van der Waals surface area contributed by atoms with Gasteiger partial charge in [0.25, 0.3) is 5.91 Å². The van der Waals surface area contributed by atoms with Crippen molar-refractivity contribution >= 4 is 39.8 Å². The number of benzene rings is 1. The van der Waals surface area contributed by atoms with Crippen molar-refractivity contribution in [2.45, 2.75) is 19.4 Å². The smallest absolute Gasteiger partial charge is 0.312 e. The average molecular weight is 401 g/mol. The fraction of sp³-hybridized carbons (Fsp3) is 0.263. The summed E-state index contributed by atoms with van der Waals surface area (Å²) in [5.41, 5.74) is 0.425. The van der Waals surface area contributed by atoms with Crippen LogP contribution in [0, 0.1) is 23.1 Å². The number of carbonyl (C=O) groups excluding carboxylic acids is 3. The molecule has 3 rings (SSSR count). The molecule has 9 heteroatoms. The van der Waals surface area contributed by atoms with Crippen molar-refractivity contribution in [3.8, 4) is 6.07 Å². The Morgan fingerprint density at radius 1 is 1.39 bits per heavy atom. The monoisotopic (exact) mass is 401 g/mol. The summed E-state index contributed by atoms with van der Waals surface area (Å²) in [5.74, 6) is -3.02. The Bertz CT molecular complexity index is 968. The molecule has 7 nitrogen and oxygen atoms in total. The van der Waals surface area contributed by atoms with Gasteiger partial charge in [-0.3, -0.25) is 14.4 Å². The summed E-state index contributed by atoms with van der Waals surface area (Å²) in [6.07, 6.45) is -1.23. The minimum Gasteiger partial charge on any atom is -0.452 e. The van der Waals surface area contributed by atoms with Crippen LogP contribution < -0.4 is 10.2 Å². The van der Waals surface area contributed by atoms with Crippen molar-refractivity contribution < 1.29 is 23.5 Å². The van der Waals surface area contributed by atoms with Gasteiger partial charge in [0.1, 0.15) is 16.9 Å². The van der Waals surface area contributed by atoms with E-state index >= 15 is 0 Å². The summed E-state index contributed by atoms with van der Waals surface area (Å²) in [4.78, 5) is 38.0. The third-order valence-corrected chi connectivity index (χ3v) is 5.12. The van der Waals surface area contributed by atoms with Crippen molar-refractivity contribution in [1.82, 2.24) is 0 Å². The van der Waals surface area contributed by atoms with Crippen LogP contribution in [0.15, 0.2) is 35.7 Å². The van der Waals surface area contributed by atoms with E-state index in [2.05, 4.69) is 5.32 Å². The quantitative estimate of drug-likeness (QED) is 0.777. The molecule has 2 aromatic rings. The van der Waals surface area contributed by atoms with E-state index in [1.807, 2.05) is 6.07 Å². The van der Waals surface area contributed by atoms with Crippen molar-refractivity contribution in [1.29, 1.82) is 5.26 Å². The van der Waals surface area contributed by atoms with Crippen molar-refractivity contribution in [2.75, 3.05) is 16.8 Å². The summed E-state index contributed by atoms with van der Waals surface area (Å²) in [6, 6.07) is 9.33. The molecule has 1 N–H and O–H groups in total. The predicted molar refractivity (Wildman–Crippen MR) is 100 cm³/mol. The van der Waals surface area contributed by atoms with E-state index in [1.165, 1.54) is 41.4 Å². The zero-order chi connectivity index (χ0) is 20.3. The van der Waals surface area contributed by atoms with Gasteiger partial charge in [-0.25, -0.2) is 4.39 Å². The highest BCUT2D eigenvalue weighted by atomic mass is 32.1. The molecular formula is C19H16FN3O4S. The zero-order valence-corrected chi connectivity index (χ0v) is 15.7. The van der Waals surface area contributed by atoms with Crippen molar-refractivity contribution in [3.63, 3.8) is 0 Å². The number of carbonyl (C=O) groups is 3. The van der Waals surface area contributed by atoms with Gasteiger partial charge in [0, 0.05) is 13.0 Å². The molecule has 0 spiro atoms. The molecule has 1 aliphatic rings. The van der Waals surface area contributed by atoms with E-state index in [-0.39, 0.29) is 24.6 Å². The summed E-state index contributed by atoms with van der Waals surface area (Å²) in [5, 5.41) is 13.5. The summed E-state index contributed by atoms with van der Waals surface area (Å²) < 4.78 is 19.1. The molecule has 1 aromatic carbocycles. The number of esters is 1. The molecular weight excluding hydrogens is 385 g/mol. The zero-order valence-electron chi connectivity index (χ0n) is 14.8. The van der Waals surface area contributed by atoms with E-state index in [9.17, 15) is 18.8 Å². The maximum atomic E-state index is 13.9. The first-order chi connectivity index (χ1) is 13.4. The highest BCUT2D eigenvalue weighted by Gasteiger charge is 2.38. The van der Waals surface area contributed by atoms with Gasteiger partial charge in [0.15, 0.2) is 6.10 Å². The minimum absolute atomic E-state index is 0.0174. The molecule has 2 amide bonds. The number of anilines is 2. The average Bonchev–Trinajstić information content (AvgIpc) is 3.28. The predicted octanol–water partition coefficient (Wildman–Crippen LogP) is 2.68. The van der Waals surface area contributed by atoms with Crippen molar-refractivity contribution in [2.24, 2.45) is 5.92 Å². The lowest BCUT2D eigenvalue weighted by Gasteiger charge is -2.18. The SMILES string of the molecule is C[C@@H](OC(=O)[C@@H]1CC(=O)N(c2ccccc2F)C1)C(=O)Nc1sccc1C#N. The molecule has 28 heavy (non-hydrogen) atoms. The molecule has 0 aliphatic carbocycles. The van der Waals surface area contributed by atoms with Crippen LogP contribution >= 0.6 is 11.3 Å². The lowest BCUT2D eigenvalue weighted by molar-refractivity contribution is -0.157. The molecule has 1 aliphatic heterocycles.